The van der Waals surface area contributed by atoms with E-state index in [1.54, 1.807) is 0 Å². The summed E-state index contributed by atoms with van der Waals surface area (Å²) in [5.41, 5.74) is 5.51. The highest BCUT2D eigenvalue weighted by molar-refractivity contribution is 7.90. The number of hydrogen-bond acceptors (Lipinski definition) is 8. The van der Waals surface area contributed by atoms with Gasteiger partial charge in [-0.2, -0.15) is 18.3 Å². The molecule has 0 bridgehead atoms. The Hall–Kier alpha value is -3.55. The highest BCUT2D eigenvalue weighted by atomic mass is 32.2. The van der Waals surface area contributed by atoms with E-state index in [1.807, 2.05) is 0 Å². The van der Waals surface area contributed by atoms with E-state index in [9.17, 15) is 31.7 Å². The standard InChI is InChI=1S/C18H17F3N6O4S/c1-32(30,31)7-5-14(18(19,20)21)11-2-3-15(24-8-11)26-10-12(9-25-26)13-4-6-23-17(22)16(13)27(28)29/h2-4,6,8-10,14H,5,7H2,1H3,(H2,22,23). The maximum atomic E-state index is 13.4. The molecule has 0 saturated carbocycles. The van der Waals surface area contributed by atoms with E-state index in [4.69, 9.17) is 5.73 Å². The number of nitrogens with zero attached hydrogens (tertiary/aromatic N) is 5. The van der Waals surface area contributed by atoms with Crippen LogP contribution in [0.15, 0.2) is 43.0 Å². The zero-order valence-electron chi connectivity index (χ0n) is 16.5. The molecule has 0 spiro atoms. The predicted octanol–water partition coefficient (Wildman–Crippen LogP) is 2.90. The van der Waals surface area contributed by atoms with E-state index >= 15 is 0 Å². The Kier molecular flexibility index (Phi) is 6.16. The normalized spacial score (nSPS) is 13.1. The summed E-state index contributed by atoms with van der Waals surface area (Å²) >= 11 is 0. The molecular formula is C18H17F3N6O4S. The van der Waals surface area contributed by atoms with Crippen LogP contribution in [-0.2, 0) is 9.84 Å². The average molecular weight is 470 g/mol. The number of alkyl halides is 3. The number of rotatable bonds is 7. The first-order valence-corrected chi connectivity index (χ1v) is 11.1. The molecule has 0 amide bonds. The molecule has 0 aliphatic rings. The minimum absolute atomic E-state index is 0.161. The molecule has 32 heavy (non-hydrogen) atoms. The molecule has 2 N–H and O–H groups in total. The fourth-order valence-corrected chi connectivity index (χ4v) is 3.74. The third kappa shape index (κ3) is 5.19. The van der Waals surface area contributed by atoms with Gasteiger partial charge in [-0.3, -0.25) is 10.1 Å². The van der Waals surface area contributed by atoms with Gasteiger partial charge in [0.1, 0.15) is 9.84 Å². The number of anilines is 1. The molecule has 0 aliphatic carbocycles. The number of halogens is 3. The molecule has 0 fully saturated rings. The largest absolute Gasteiger partial charge is 0.395 e. The molecule has 1 unspecified atom stereocenters. The van der Waals surface area contributed by atoms with Gasteiger partial charge in [-0.25, -0.2) is 23.1 Å². The van der Waals surface area contributed by atoms with Gasteiger partial charge in [0.25, 0.3) is 0 Å². The smallest absolute Gasteiger partial charge is 0.378 e. The van der Waals surface area contributed by atoms with Crippen LogP contribution in [0, 0.1) is 10.1 Å². The van der Waals surface area contributed by atoms with E-state index in [1.165, 1.54) is 41.5 Å². The maximum Gasteiger partial charge on any atom is 0.395 e. The number of hydrogen-bond donors (Lipinski definition) is 1. The van der Waals surface area contributed by atoms with Gasteiger partial charge in [-0.05, 0) is 24.1 Å². The lowest BCUT2D eigenvalue weighted by Gasteiger charge is -2.20. The molecule has 0 saturated heterocycles. The first-order valence-electron chi connectivity index (χ1n) is 9.01. The summed E-state index contributed by atoms with van der Waals surface area (Å²) in [5.74, 6) is -2.71. The minimum Gasteiger partial charge on any atom is -0.378 e. The third-order valence-corrected chi connectivity index (χ3v) is 5.59. The van der Waals surface area contributed by atoms with Crippen LogP contribution in [0.3, 0.4) is 0 Å². The van der Waals surface area contributed by atoms with Gasteiger partial charge < -0.3 is 5.73 Å². The number of nitrogens with two attached hydrogens (primary N) is 1. The van der Waals surface area contributed by atoms with Crippen LogP contribution < -0.4 is 5.73 Å². The fourth-order valence-electron chi connectivity index (χ4n) is 3.07. The van der Waals surface area contributed by atoms with Gasteiger partial charge in [0, 0.05) is 30.4 Å². The molecule has 0 aromatic carbocycles. The molecule has 170 valence electrons. The van der Waals surface area contributed by atoms with E-state index in [0.717, 1.165) is 12.5 Å². The van der Waals surface area contributed by atoms with E-state index in [2.05, 4.69) is 15.1 Å². The zero-order valence-corrected chi connectivity index (χ0v) is 17.3. The number of aromatic nitrogens is 4. The summed E-state index contributed by atoms with van der Waals surface area (Å²) in [4.78, 5) is 18.3. The molecule has 0 aliphatic heterocycles. The van der Waals surface area contributed by atoms with E-state index in [-0.39, 0.29) is 22.8 Å². The molecule has 3 rings (SSSR count). The predicted molar refractivity (Wildman–Crippen MR) is 109 cm³/mol. The van der Waals surface area contributed by atoms with Gasteiger partial charge in [0.2, 0.25) is 5.82 Å². The van der Waals surface area contributed by atoms with Crippen LogP contribution in [0.25, 0.3) is 16.9 Å². The molecular weight excluding hydrogens is 453 g/mol. The van der Waals surface area contributed by atoms with Crippen molar-refractivity contribution in [2.75, 3.05) is 17.7 Å². The second-order valence-corrected chi connectivity index (χ2v) is 9.25. The van der Waals surface area contributed by atoms with Gasteiger partial charge in [-0.15, -0.1) is 0 Å². The number of nitro groups is 1. The zero-order chi connectivity index (χ0) is 23.7. The molecule has 3 aromatic rings. The molecule has 14 heteroatoms. The first kappa shape index (κ1) is 23.1. The van der Waals surface area contributed by atoms with Crippen molar-refractivity contribution in [1.82, 2.24) is 19.7 Å². The first-order chi connectivity index (χ1) is 14.9. The summed E-state index contributed by atoms with van der Waals surface area (Å²) in [5, 5.41) is 15.4. The lowest BCUT2D eigenvalue weighted by Crippen LogP contribution is -2.23. The van der Waals surface area contributed by atoms with Crippen molar-refractivity contribution in [3.05, 3.63) is 58.7 Å². The van der Waals surface area contributed by atoms with Crippen molar-refractivity contribution >= 4 is 21.3 Å². The van der Waals surface area contributed by atoms with Crippen molar-refractivity contribution in [1.29, 1.82) is 0 Å². The van der Waals surface area contributed by atoms with Crippen LogP contribution >= 0.6 is 0 Å². The summed E-state index contributed by atoms with van der Waals surface area (Å²) in [6, 6.07) is 3.87. The van der Waals surface area contributed by atoms with E-state index < -0.39 is 44.7 Å². The lowest BCUT2D eigenvalue weighted by atomic mass is 9.97. The van der Waals surface area contributed by atoms with Crippen LogP contribution in [0.2, 0.25) is 0 Å². The topological polar surface area (TPSA) is 147 Å². The Morgan fingerprint density at radius 3 is 2.50 bits per heavy atom. The highest BCUT2D eigenvalue weighted by Crippen LogP contribution is 2.38. The van der Waals surface area contributed by atoms with Crippen molar-refractivity contribution in [2.45, 2.75) is 18.5 Å². The van der Waals surface area contributed by atoms with Crippen molar-refractivity contribution < 1.29 is 26.5 Å². The number of nitrogen functional groups attached to an aromatic ring is 1. The second-order valence-electron chi connectivity index (χ2n) is 6.99. The Bertz CT molecular complexity index is 1240. The number of pyridine rings is 2. The Morgan fingerprint density at radius 1 is 1.22 bits per heavy atom. The lowest BCUT2D eigenvalue weighted by molar-refractivity contribution is -0.383. The number of sulfone groups is 1. The van der Waals surface area contributed by atoms with Crippen molar-refractivity contribution in [3.8, 4) is 16.9 Å². The van der Waals surface area contributed by atoms with Gasteiger partial charge in [-0.1, -0.05) is 6.07 Å². The summed E-state index contributed by atoms with van der Waals surface area (Å²) < 4.78 is 64.1. The Morgan fingerprint density at radius 2 is 1.94 bits per heavy atom. The monoisotopic (exact) mass is 470 g/mol. The fraction of sp³-hybridized carbons (Fsp3) is 0.278. The molecule has 0 radical (unpaired) electrons. The SMILES string of the molecule is CS(=O)(=O)CCC(c1ccc(-n2cc(-c3ccnc(N)c3[N+](=O)[O-])cn2)nc1)C(F)(F)F. The van der Waals surface area contributed by atoms with Gasteiger partial charge in [0.15, 0.2) is 5.82 Å². The Labute approximate surface area is 180 Å². The molecule has 10 nitrogen and oxygen atoms in total. The molecule has 3 heterocycles. The molecule has 3 aromatic heterocycles. The Balaban J connectivity index is 1.90. The van der Waals surface area contributed by atoms with Gasteiger partial charge >= 0.3 is 11.9 Å². The molecule has 1 atom stereocenters. The quantitative estimate of drug-likeness (QED) is 0.409. The van der Waals surface area contributed by atoms with Gasteiger partial charge in [0.05, 0.1) is 28.4 Å². The third-order valence-electron chi connectivity index (χ3n) is 4.61. The van der Waals surface area contributed by atoms with Crippen molar-refractivity contribution in [2.24, 2.45) is 0 Å². The van der Waals surface area contributed by atoms with Crippen LogP contribution in [0.4, 0.5) is 24.7 Å². The minimum atomic E-state index is -4.65. The van der Waals surface area contributed by atoms with Crippen LogP contribution in [0.1, 0.15) is 17.9 Å². The van der Waals surface area contributed by atoms with Crippen LogP contribution in [0.5, 0.6) is 0 Å². The average Bonchev–Trinajstić information content (AvgIpc) is 3.16. The second kappa shape index (κ2) is 8.53. The summed E-state index contributed by atoms with van der Waals surface area (Å²) in [7, 11) is -3.57. The maximum absolute atomic E-state index is 13.4. The summed E-state index contributed by atoms with van der Waals surface area (Å²) in [6.07, 6.45) is 0.643. The van der Waals surface area contributed by atoms with E-state index in [0.29, 0.717) is 5.56 Å². The van der Waals surface area contributed by atoms with Crippen LogP contribution in [-0.4, -0.2) is 51.3 Å². The summed E-state index contributed by atoms with van der Waals surface area (Å²) in [6.45, 7) is 0. The highest BCUT2D eigenvalue weighted by Gasteiger charge is 2.41. The van der Waals surface area contributed by atoms with Crippen molar-refractivity contribution in [3.63, 3.8) is 0 Å².